The average Bonchev–Trinajstić information content (AvgIpc) is 3.07. The molecule has 9 nitrogen and oxygen atoms in total. The van der Waals surface area contributed by atoms with Gasteiger partial charge in [0.15, 0.2) is 0 Å². The molecule has 0 atom stereocenters. The summed E-state index contributed by atoms with van der Waals surface area (Å²) >= 11 is 0. The van der Waals surface area contributed by atoms with Crippen LogP contribution < -0.4 is 0 Å². The summed E-state index contributed by atoms with van der Waals surface area (Å²) < 4.78 is 20.5. The molecule has 31 heavy (non-hydrogen) atoms. The van der Waals surface area contributed by atoms with E-state index in [4.69, 9.17) is 14.2 Å². The minimum absolute atomic E-state index is 0.0737. The molecule has 0 aliphatic heterocycles. The Bertz CT molecular complexity index is 1030. The van der Waals surface area contributed by atoms with Gasteiger partial charge in [-0.3, -0.25) is 0 Å². The van der Waals surface area contributed by atoms with Crippen LogP contribution in [0.25, 0.3) is 5.70 Å². The van der Waals surface area contributed by atoms with E-state index in [1.54, 1.807) is 12.1 Å². The second-order valence-corrected chi connectivity index (χ2v) is 6.31. The van der Waals surface area contributed by atoms with E-state index in [1.807, 2.05) is 18.2 Å². The predicted molar refractivity (Wildman–Crippen MR) is 109 cm³/mol. The summed E-state index contributed by atoms with van der Waals surface area (Å²) in [7, 11) is 4.64. The van der Waals surface area contributed by atoms with Crippen molar-refractivity contribution in [1.82, 2.24) is 4.57 Å². The fourth-order valence-corrected chi connectivity index (χ4v) is 3.20. The fraction of sp³-hybridized carbons (Fsp3) is 0.273. The molecule has 0 saturated carbocycles. The second-order valence-electron chi connectivity index (χ2n) is 6.31. The maximum atomic E-state index is 12.7. The highest BCUT2D eigenvalue weighted by Crippen LogP contribution is 2.30. The van der Waals surface area contributed by atoms with Crippen molar-refractivity contribution < 1.29 is 38.1 Å². The van der Waals surface area contributed by atoms with Crippen LogP contribution >= 0.6 is 0 Å². The first-order valence-corrected chi connectivity index (χ1v) is 9.13. The van der Waals surface area contributed by atoms with Crippen LogP contribution in [-0.4, -0.2) is 56.9 Å². The summed E-state index contributed by atoms with van der Waals surface area (Å²) in [4.78, 5) is 49.8. The van der Waals surface area contributed by atoms with Crippen LogP contribution in [0.5, 0.6) is 0 Å². The molecule has 0 saturated heterocycles. The Morgan fingerprint density at radius 2 is 1.42 bits per heavy atom. The number of carbonyl (C=O) groups excluding carboxylic acids is 4. The van der Waals surface area contributed by atoms with E-state index in [0.717, 1.165) is 25.9 Å². The molecule has 0 spiro atoms. The van der Waals surface area contributed by atoms with Crippen molar-refractivity contribution in [1.29, 1.82) is 0 Å². The lowest BCUT2D eigenvalue weighted by atomic mass is 10.0. The van der Waals surface area contributed by atoms with Gasteiger partial charge in [-0.1, -0.05) is 30.3 Å². The van der Waals surface area contributed by atoms with Crippen LogP contribution in [0.2, 0.25) is 0 Å². The number of nitrogens with zero attached hydrogens (tertiary/aromatic N) is 1. The third-order valence-electron chi connectivity index (χ3n) is 4.59. The predicted octanol–water partition coefficient (Wildman–Crippen LogP) is 2.15. The van der Waals surface area contributed by atoms with Gasteiger partial charge in [0.1, 0.15) is 5.70 Å². The van der Waals surface area contributed by atoms with Gasteiger partial charge in [0.25, 0.3) is 0 Å². The van der Waals surface area contributed by atoms with Gasteiger partial charge >= 0.3 is 23.9 Å². The van der Waals surface area contributed by atoms with Gasteiger partial charge in [-0.25, -0.2) is 19.2 Å². The van der Waals surface area contributed by atoms with Crippen molar-refractivity contribution in [2.75, 3.05) is 28.4 Å². The Morgan fingerprint density at radius 3 is 1.94 bits per heavy atom. The number of benzene rings is 1. The number of hydrogen-bond acceptors (Lipinski definition) is 8. The molecule has 1 aromatic heterocycles. The third kappa shape index (κ3) is 4.82. The zero-order valence-corrected chi connectivity index (χ0v) is 17.9. The number of rotatable bonds is 7. The van der Waals surface area contributed by atoms with Crippen LogP contribution in [-0.2, 0) is 35.0 Å². The van der Waals surface area contributed by atoms with E-state index in [9.17, 15) is 19.2 Å². The lowest BCUT2D eigenvalue weighted by molar-refractivity contribution is -0.137. The number of methoxy groups -OCH3 is 4. The largest absolute Gasteiger partial charge is 0.466 e. The molecule has 0 bridgehead atoms. The normalized spacial score (nSPS) is 10.9. The minimum atomic E-state index is -0.870. The fourth-order valence-electron chi connectivity index (χ4n) is 3.20. The standard InChI is InChI=1S/C22H23NO8/c1-13-18(21(26)30-4)19(22(27)31-5)15(11-14-9-7-6-8-10-14)23(13)16(20(25)29-3)12-17(24)28-2/h6-10,12H,11H2,1-5H3. The molecule has 2 aromatic rings. The molecule has 0 radical (unpaired) electrons. The Balaban J connectivity index is 2.96. The van der Waals surface area contributed by atoms with Gasteiger partial charge in [-0.05, 0) is 12.5 Å². The van der Waals surface area contributed by atoms with Crippen LogP contribution in [0, 0.1) is 6.92 Å². The summed E-state index contributed by atoms with van der Waals surface area (Å²) in [6, 6.07) is 9.06. The highest BCUT2D eigenvalue weighted by atomic mass is 16.5. The number of carbonyl (C=O) groups is 4. The van der Waals surface area contributed by atoms with Crippen molar-refractivity contribution in [2.24, 2.45) is 0 Å². The van der Waals surface area contributed by atoms with Crippen LogP contribution in [0.1, 0.15) is 37.7 Å². The van der Waals surface area contributed by atoms with Crippen LogP contribution in [0.4, 0.5) is 0 Å². The van der Waals surface area contributed by atoms with E-state index in [0.29, 0.717) is 0 Å². The first-order valence-electron chi connectivity index (χ1n) is 9.13. The lowest BCUT2D eigenvalue weighted by Crippen LogP contribution is -2.17. The molecular weight excluding hydrogens is 406 g/mol. The molecule has 0 N–H and O–H groups in total. The summed E-state index contributed by atoms with van der Waals surface area (Å²) in [6.07, 6.45) is 1.06. The molecule has 9 heteroatoms. The monoisotopic (exact) mass is 429 g/mol. The highest BCUT2D eigenvalue weighted by Gasteiger charge is 2.33. The first-order chi connectivity index (χ1) is 14.8. The molecule has 0 unspecified atom stereocenters. The van der Waals surface area contributed by atoms with E-state index in [2.05, 4.69) is 4.74 Å². The van der Waals surface area contributed by atoms with Crippen molar-refractivity contribution >= 4 is 29.6 Å². The quantitative estimate of drug-likeness (QED) is 0.374. The van der Waals surface area contributed by atoms with Crippen molar-refractivity contribution in [3.63, 3.8) is 0 Å². The first kappa shape index (κ1) is 23.4. The number of ether oxygens (including phenoxy) is 4. The Labute approximate surface area is 179 Å². The maximum absolute atomic E-state index is 12.7. The van der Waals surface area contributed by atoms with Crippen LogP contribution in [0.3, 0.4) is 0 Å². The topological polar surface area (TPSA) is 110 Å². The molecule has 0 fully saturated rings. The SMILES string of the molecule is COC(=O)C=C(C(=O)OC)n1c(C)c(C(=O)OC)c(C(=O)OC)c1Cc1ccccc1. The number of aromatic nitrogens is 1. The maximum Gasteiger partial charge on any atom is 0.355 e. The van der Waals surface area contributed by atoms with E-state index < -0.39 is 23.9 Å². The third-order valence-corrected chi connectivity index (χ3v) is 4.59. The van der Waals surface area contributed by atoms with Gasteiger partial charge in [0.05, 0.1) is 45.6 Å². The van der Waals surface area contributed by atoms with E-state index >= 15 is 0 Å². The van der Waals surface area contributed by atoms with Gasteiger partial charge in [0, 0.05) is 17.8 Å². The molecular formula is C22H23NO8. The summed E-state index contributed by atoms with van der Waals surface area (Å²) in [5.74, 6) is -3.28. The average molecular weight is 429 g/mol. The molecule has 2 rings (SSSR count). The van der Waals surface area contributed by atoms with Gasteiger partial charge in [-0.2, -0.15) is 0 Å². The molecule has 0 aliphatic carbocycles. The van der Waals surface area contributed by atoms with Crippen LogP contribution in [0.15, 0.2) is 36.4 Å². The Hall–Kier alpha value is -3.88. The van der Waals surface area contributed by atoms with Crippen molar-refractivity contribution in [3.05, 3.63) is 64.5 Å². The smallest absolute Gasteiger partial charge is 0.355 e. The molecule has 0 aliphatic rings. The second kappa shape index (κ2) is 10.2. The Morgan fingerprint density at radius 1 is 0.839 bits per heavy atom. The summed E-state index contributed by atoms with van der Waals surface area (Å²) in [5, 5.41) is 0. The van der Waals surface area contributed by atoms with E-state index in [-0.39, 0.29) is 34.6 Å². The molecule has 164 valence electrons. The Kier molecular flexibility index (Phi) is 7.73. The van der Waals surface area contributed by atoms with Gasteiger partial charge in [0.2, 0.25) is 0 Å². The minimum Gasteiger partial charge on any atom is -0.466 e. The zero-order chi connectivity index (χ0) is 23.1. The van der Waals surface area contributed by atoms with Gasteiger partial charge in [-0.15, -0.1) is 0 Å². The number of esters is 4. The molecule has 1 heterocycles. The molecule has 0 amide bonds. The number of hydrogen-bond donors (Lipinski definition) is 0. The van der Waals surface area contributed by atoms with E-state index in [1.165, 1.54) is 25.7 Å². The van der Waals surface area contributed by atoms with Crippen molar-refractivity contribution in [3.8, 4) is 0 Å². The molecule has 1 aromatic carbocycles. The zero-order valence-electron chi connectivity index (χ0n) is 17.9. The highest BCUT2D eigenvalue weighted by molar-refractivity contribution is 6.16. The van der Waals surface area contributed by atoms with Gasteiger partial charge < -0.3 is 23.5 Å². The summed E-state index contributed by atoms with van der Waals surface area (Å²) in [5.41, 5.74) is 0.828. The van der Waals surface area contributed by atoms with Crippen molar-refractivity contribution in [2.45, 2.75) is 13.3 Å². The lowest BCUT2D eigenvalue weighted by Gasteiger charge is -2.15. The summed E-state index contributed by atoms with van der Waals surface area (Å²) in [6.45, 7) is 1.52.